The maximum absolute atomic E-state index is 13.9. The molecule has 1 aromatic carbocycles. The maximum atomic E-state index is 13.9. The fourth-order valence-corrected chi connectivity index (χ4v) is 6.29. The molecule has 0 unspecified atom stereocenters. The molecule has 2 aliphatic heterocycles. The van der Waals surface area contributed by atoms with Gasteiger partial charge in [-0.15, -0.1) is 0 Å². The molecule has 0 spiro atoms. The van der Waals surface area contributed by atoms with Crippen LogP contribution in [-0.4, -0.2) is 101 Å². The van der Waals surface area contributed by atoms with Crippen LogP contribution in [0.15, 0.2) is 30.3 Å². The number of hydrogen-bond donors (Lipinski definition) is 3. The van der Waals surface area contributed by atoms with Crippen molar-refractivity contribution in [2.45, 2.75) is 50.7 Å². The van der Waals surface area contributed by atoms with Gasteiger partial charge in [0.05, 0.1) is 24.0 Å². The van der Waals surface area contributed by atoms with Gasteiger partial charge in [0.2, 0.25) is 11.7 Å². The minimum atomic E-state index is -4.76. The molecule has 17 heteroatoms. The van der Waals surface area contributed by atoms with Crippen molar-refractivity contribution in [2.24, 2.45) is 5.92 Å². The number of sulfone groups is 1. The molecule has 1 atom stereocenters. The summed E-state index contributed by atoms with van der Waals surface area (Å²) in [4.78, 5) is 36.0. The monoisotopic (exact) mass is 708 g/mol. The Morgan fingerprint density at radius 3 is 2.31 bits per heavy atom. The lowest BCUT2D eigenvalue weighted by Gasteiger charge is -2.41. The fraction of sp³-hybridized carbons (Fsp3) is 0.594. The molecule has 2 fully saturated rings. The number of nitrogens with zero attached hydrogens (tertiary/aromatic N) is 5. The summed E-state index contributed by atoms with van der Waals surface area (Å²) in [6.07, 6.45) is -0.0358. The lowest BCUT2D eigenvalue weighted by atomic mass is 9.93. The summed E-state index contributed by atoms with van der Waals surface area (Å²) in [5, 5.41) is 17.3. The van der Waals surface area contributed by atoms with Crippen molar-refractivity contribution >= 4 is 33.4 Å². The van der Waals surface area contributed by atoms with E-state index in [0.29, 0.717) is 83.4 Å². The molecule has 3 N–H and O–H groups in total. The molecule has 0 saturated carbocycles. The number of benzene rings is 1. The smallest absolute Gasteiger partial charge is 0.380 e. The van der Waals surface area contributed by atoms with Crippen LogP contribution in [-0.2, 0) is 32.0 Å². The summed E-state index contributed by atoms with van der Waals surface area (Å²) in [6, 6.07) is 9.64. The number of carbonyl (C=O) groups excluding carboxylic acids is 2. The van der Waals surface area contributed by atoms with E-state index in [1.54, 1.807) is 21.9 Å². The van der Waals surface area contributed by atoms with Gasteiger partial charge in [-0.2, -0.15) is 18.4 Å². The highest BCUT2D eigenvalue weighted by Crippen LogP contribution is 2.34. The first-order chi connectivity index (χ1) is 23.3. The SMILES string of the molecule is CS(=O)(=O)CCCOCCNC(=O)NCCC1CCN(c2cc(N3CC[C@H]3C(=O)NCCc3ccc(C#N)cc3)nc(C(F)(F)F)n2)CC1. The molecule has 3 heterocycles. The van der Waals surface area contributed by atoms with E-state index < -0.39 is 27.9 Å². The second-order valence-electron chi connectivity index (χ2n) is 12.3. The molecule has 4 rings (SSSR count). The quantitative estimate of drug-likeness (QED) is 0.221. The van der Waals surface area contributed by atoms with E-state index in [4.69, 9.17) is 10.00 Å². The van der Waals surface area contributed by atoms with E-state index in [2.05, 4.69) is 32.0 Å². The molecule has 1 aromatic heterocycles. The van der Waals surface area contributed by atoms with Crippen LogP contribution in [0.1, 0.15) is 49.1 Å². The Balaban J connectivity index is 1.21. The normalized spacial score (nSPS) is 16.8. The molecule has 0 aliphatic carbocycles. The van der Waals surface area contributed by atoms with Crippen LogP contribution in [0.25, 0.3) is 0 Å². The third kappa shape index (κ3) is 12.0. The molecule has 0 bridgehead atoms. The van der Waals surface area contributed by atoms with Gasteiger partial charge in [0.25, 0.3) is 0 Å². The number of piperidine rings is 1. The molecule has 2 saturated heterocycles. The number of rotatable bonds is 16. The summed E-state index contributed by atoms with van der Waals surface area (Å²) >= 11 is 0. The number of halogens is 3. The first-order valence-electron chi connectivity index (χ1n) is 16.3. The number of hydrogen-bond acceptors (Lipinski definition) is 10. The summed E-state index contributed by atoms with van der Waals surface area (Å²) in [7, 11) is -3.02. The summed E-state index contributed by atoms with van der Waals surface area (Å²) in [5.74, 6) is -0.981. The maximum Gasteiger partial charge on any atom is 0.451 e. The number of carbonyl (C=O) groups is 2. The lowest BCUT2D eigenvalue weighted by molar-refractivity contribution is -0.144. The van der Waals surface area contributed by atoms with Crippen molar-refractivity contribution in [1.82, 2.24) is 25.9 Å². The molecule has 2 aliphatic rings. The molecule has 0 radical (unpaired) electrons. The van der Waals surface area contributed by atoms with E-state index in [1.165, 1.54) is 12.3 Å². The Labute approximate surface area is 284 Å². The van der Waals surface area contributed by atoms with E-state index in [9.17, 15) is 31.2 Å². The standard InChI is InChI=1S/C32H43F3N8O5S/c1-49(46,47)20-2-18-48-19-14-39-31(45)38-13-8-24-9-15-42(16-10-24)27-21-28(41-30(40-27)32(33,34)35)43-17-11-26(43)29(44)37-12-7-23-3-5-25(22-36)6-4-23/h3-6,21,24,26H,2,7-20H2,1H3,(H,37,44)(H2,38,39,45)/t26-/m0/s1. The number of nitrogens with one attached hydrogen (secondary N) is 3. The van der Waals surface area contributed by atoms with Gasteiger partial charge in [-0.25, -0.2) is 23.2 Å². The molecule has 13 nitrogen and oxygen atoms in total. The van der Waals surface area contributed by atoms with Gasteiger partial charge in [0.1, 0.15) is 27.5 Å². The zero-order chi connectivity index (χ0) is 35.4. The van der Waals surface area contributed by atoms with E-state index in [0.717, 1.165) is 5.56 Å². The Bertz CT molecular complexity index is 1560. The Morgan fingerprint density at radius 1 is 0.980 bits per heavy atom. The highest BCUT2D eigenvalue weighted by atomic mass is 32.2. The fourth-order valence-electron chi connectivity index (χ4n) is 5.65. The predicted octanol–water partition coefficient (Wildman–Crippen LogP) is 2.66. The lowest BCUT2D eigenvalue weighted by Crippen LogP contribution is -2.57. The van der Waals surface area contributed by atoms with Crippen LogP contribution in [0.3, 0.4) is 0 Å². The second kappa shape index (κ2) is 17.5. The number of alkyl halides is 3. The number of anilines is 2. The molecule has 3 amide bonds. The minimum Gasteiger partial charge on any atom is -0.380 e. The Hall–Kier alpha value is -4.17. The van der Waals surface area contributed by atoms with Crippen molar-refractivity contribution < 1.29 is 35.9 Å². The van der Waals surface area contributed by atoms with Crippen LogP contribution < -0.4 is 25.8 Å². The van der Waals surface area contributed by atoms with Crippen molar-refractivity contribution in [1.29, 1.82) is 5.26 Å². The summed E-state index contributed by atoms with van der Waals surface area (Å²) in [5.41, 5.74) is 1.49. The first kappa shape index (κ1) is 37.6. The van der Waals surface area contributed by atoms with E-state index in [-0.39, 0.29) is 48.4 Å². The third-order valence-electron chi connectivity index (χ3n) is 8.48. The number of aromatic nitrogens is 2. The van der Waals surface area contributed by atoms with Crippen LogP contribution >= 0.6 is 0 Å². The van der Waals surface area contributed by atoms with Gasteiger partial charge in [0, 0.05) is 58.2 Å². The van der Waals surface area contributed by atoms with Crippen LogP contribution in [0.2, 0.25) is 0 Å². The van der Waals surface area contributed by atoms with Gasteiger partial charge >= 0.3 is 12.2 Å². The topological polar surface area (TPSA) is 170 Å². The molecule has 2 aromatic rings. The second-order valence-corrected chi connectivity index (χ2v) is 14.5. The van der Waals surface area contributed by atoms with Crippen molar-refractivity contribution in [3.63, 3.8) is 0 Å². The number of amides is 3. The van der Waals surface area contributed by atoms with Crippen molar-refractivity contribution in [3.05, 3.63) is 47.3 Å². The number of ether oxygens (including phenoxy) is 1. The highest BCUT2D eigenvalue weighted by Gasteiger charge is 2.40. The van der Waals surface area contributed by atoms with Gasteiger partial charge in [0.15, 0.2) is 0 Å². The van der Waals surface area contributed by atoms with E-state index >= 15 is 0 Å². The zero-order valence-corrected chi connectivity index (χ0v) is 28.3. The first-order valence-corrected chi connectivity index (χ1v) is 18.4. The number of urea groups is 1. The van der Waals surface area contributed by atoms with Crippen molar-refractivity contribution in [2.75, 3.05) is 74.3 Å². The zero-order valence-electron chi connectivity index (χ0n) is 27.5. The molecule has 49 heavy (non-hydrogen) atoms. The molecule has 268 valence electrons. The third-order valence-corrected chi connectivity index (χ3v) is 9.51. The van der Waals surface area contributed by atoms with Gasteiger partial charge in [-0.1, -0.05) is 12.1 Å². The molecular weight excluding hydrogens is 665 g/mol. The summed E-state index contributed by atoms with van der Waals surface area (Å²) < 4.78 is 69.1. The van der Waals surface area contributed by atoms with Gasteiger partial charge in [-0.3, -0.25) is 4.79 Å². The van der Waals surface area contributed by atoms with Gasteiger partial charge < -0.3 is 30.5 Å². The number of nitriles is 1. The highest BCUT2D eigenvalue weighted by molar-refractivity contribution is 7.90. The van der Waals surface area contributed by atoms with Crippen LogP contribution in [0.4, 0.5) is 29.6 Å². The largest absolute Gasteiger partial charge is 0.451 e. The molecular formula is C32H43F3N8O5S. The average molecular weight is 709 g/mol. The minimum absolute atomic E-state index is 0.0536. The Morgan fingerprint density at radius 2 is 1.67 bits per heavy atom. The predicted molar refractivity (Wildman–Crippen MR) is 177 cm³/mol. The summed E-state index contributed by atoms with van der Waals surface area (Å²) in [6.45, 7) is 2.99. The van der Waals surface area contributed by atoms with Gasteiger partial charge in [-0.05, 0) is 62.1 Å². The van der Waals surface area contributed by atoms with Crippen LogP contribution in [0.5, 0.6) is 0 Å². The average Bonchev–Trinajstić information content (AvgIpc) is 3.03. The Kier molecular flexibility index (Phi) is 13.4. The van der Waals surface area contributed by atoms with E-state index in [1.807, 2.05) is 12.1 Å². The van der Waals surface area contributed by atoms with Crippen molar-refractivity contribution in [3.8, 4) is 6.07 Å². The van der Waals surface area contributed by atoms with Crippen LogP contribution in [0, 0.1) is 17.2 Å².